The van der Waals surface area contributed by atoms with Gasteiger partial charge in [0.25, 0.3) is 0 Å². The number of hydrogen-bond acceptors (Lipinski definition) is 4. The molecule has 0 unspecified atom stereocenters. The molecule has 0 N–H and O–H groups in total. The smallest absolute Gasteiger partial charge is 0.236 e. The van der Waals surface area contributed by atoms with Crippen LogP contribution in [0.4, 0.5) is 0 Å². The highest BCUT2D eigenvalue weighted by molar-refractivity contribution is 5.93. The molecule has 2 aromatic rings. The summed E-state index contributed by atoms with van der Waals surface area (Å²) in [5.74, 6) is 0.606. The van der Waals surface area contributed by atoms with Crippen molar-refractivity contribution < 1.29 is 9.47 Å². The molecule has 24 heavy (non-hydrogen) atoms. The normalized spacial score (nSPS) is 18.8. The number of hydrogen-bond donors (Lipinski definition) is 0. The maximum atomic E-state index is 5.81. The van der Waals surface area contributed by atoms with E-state index in [4.69, 9.17) is 19.5 Å². The number of aliphatic imine (C=N–C) groups is 1. The fourth-order valence-electron chi connectivity index (χ4n) is 2.99. The Morgan fingerprint density at radius 1 is 1.08 bits per heavy atom. The van der Waals surface area contributed by atoms with E-state index in [-0.39, 0.29) is 17.6 Å². The van der Waals surface area contributed by atoms with Crippen molar-refractivity contribution in [3.05, 3.63) is 65.5 Å². The van der Waals surface area contributed by atoms with Crippen LogP contribution < -0.4 is 0 Å². The van der Waals surface area contributed by atoms with Gasteiger partial charge in [0.2, 0.25) is 5.90 Å². The Labute approximate surface area is 143 Å². The highest BCUT2D eigenvalue weighted by Gasteiger charge is 2.28. The van der Waals surface area contributed by atoms with E-state index in [2.05, 4.69) is 32.9 Å². The molecule has 1 aromatic heterocycles. The standard InChI is InChI=1S/C20H24N2O2/c1-20(2,3)18(23-4)15-11-8-12-16(21-15)19-22-17(13-24-19)14-9-6-5-7-10-14/h5-12,17-18H,13H2,1-4H3/t17-,18-/m0/s1. The Balaban J connectivity index is 1.87. The zero-order valence-corrected chi connectivity index (χ0v) is 14.7. The summed E-state index contributed by atoms with van der Waals surface area (Å²) in [6, 6.07) is 16.1. The van der Waals surface area contributed by atoms with Gasteiger partial charge in [-0.15, -0.1) is 0 Å². The zero-order chi connectivity index (χ0) is 17.2. The van der Waals surface area contributed by atoms with E-state index in [0.717, 1.165) is 17.0 Å². The van der Waals surface area contributed by atoms with Crippen LogP contribution in [-0.2, 0) is 9.47 Å². The van der Waals surface area contributed by atoms with Crippen LogP contribution in [0.1, 0.15) is 49.9 Å². The first kappa shape index (κ1) is 16.7. The Hall–Kier alpha value is -2.20. The summed E-state index contributed by atoms with van der Waals surface area (Å²) in [6.45, 7) is 6.98. The van der Waals surface area contributed by atoms with E-state index in [0.29, 0.717) is 12.5 Å². The Bertz CT molecular complexity index is 720. The van der Waals surface area contributed by atoms with Crippen molar-refractivity contribution in [3.63, 3.8) is 0 Å². The first-order chi connectivity index (χ1) is 11.5. The number of methoxy groups -OCH3 is 1. The molecule has 0 saturated carbocycles. The molecule has 1 aliphatic heterocycles. The van der Waals surface area contributed by atoms with Gasteiger partial charge in [0.15, 0.2) is 0 Å². The topological polar surface area (TPSA) is 43.7 Å². The molecule has 0 saturated heterocycles. The van der Waals surface area contributed by atoms with Gasteiger partial charge in [-0.25, -0.2) is 9.98 Å². The summed E-state index contributed by atoms with van der Waals surface area (Å²) in [6.07, 6.45) is -0.0793. The third-order valence-corrected chi connectivity index (χ3v) is 4.12. The molecule has 4 heteroatoms. The third-order valence-electron chi connectivity index (χ3n) is 4.12. The summed E-state index contributed by atoms with van der Waals surface area (Å²) < 4.78 is 11.5. The average molecular weight is 324 g/mol. The van der Waals surface area contributed by atoms with E-state index < -0.39 is 0 Å². The van der Waals surface area contributed by atoms with Crippen molar-refractivity contribution in [1.82, 2.24) is 4.98 Å². The fraction of sp³-hybridized carbons (Fsp3) is 0.400. The first-order valence-electron chi connectivity index (χ1n) is 8.24. The monoisotopic (exact) mass is 324 g/mol. The molecular weight excluding hydrogens is 300 g/mol. The Morgan fingerprint density at radius 3 is 2.50 bits per heavy atom. The molecule has 1 aliphatic rings. The molecule has 126 valence electrons. The van der Waals surface area contributed by atoms with Gasteiger partial charge in [-0.2, -0.15) is 0 Å². The predicted molar refractivity (Wildman–Crippen MR) is 95.1 cm³/mol. The molecule has 0 radical (unpaired) electrons. The third kappa shape index (κ3) is 3.49. The molecule has 0 aliphatic carbocycles. The summed E-state index contributed by atoms with van der Waals surface area (Å²) in [5.41, 5.74) is 2.79. The van der Waals surface area contributed by atoms with Crippen LogP contribution in [0.25, 0.3) is 0 Å². The van der Waals surface area contributed by atoms with Crippen LogP contribution in [0.3, 0.4) is 0 Å². The number of ether oxygens (including phenoxy) is 2. The molecule has 1 aromatic carbocycles. The summed E-state index contributed by atoms with van der Waals surface area (Å²) >= 11 is 0. The Kier molecular flexibility index (Phi) is 4.67. The van der Waals surface area contributed by atoms with Gasteiger partial charge < -0.3 is 9.47 Å². The fourth-order valence-corrected chi connectivity index (χ4v) is 2.99. The number of benzene rings is 1. The van der Waals surface area contributed by atoms with Gasteiger partial charge in [-0.05, 0) is 23.1 Å². The predicted octanol–water partition coefficient (Wildman–Crippen LogP) is 4.33. The van der Waals surface area contributed by atoms with Crippen LogP contribution >= 0.6 is 0 Å². The maximum absolute atomic E-state index is 5.81. The summed E-state index contributed by atoms with van der Waals surface area (Å²) in [7, 11) is 1.72. The van der Waals surface area contributed by atoms with Crippen molar-refractivity contribution in [2.45, 2.75) is 32.9 Å². The van der Waals surface area contributed by atoms with Crippen LogP contribution in [-0.4, -0.2) is 24.6 Å². The molecule has 2 atom stereocenters. The zero-order valence-electron chi connectivity index (χ0n) is 14.7. The van der Waals surface area contributed by atoms with Crippen molar-refractivity contribution in [2.24, 2.45) is 10.4 Å². The van der Waals surface area contributed by atoms with E-state index in [9.17, 15) is 0 Å². The van der Waals surface area contributed by atoms with Crippen LogP contribution in [0, 0.1) is 5.41 Å². The second kappa shape index (κ2) is 6.73. The van der Waals surface area contributed by atoms with E-state index >= 15 is 0 Å². The molecule has 0 fully saturated rings. The largest absolute Gasteiger partial charge is 0.474 e. The van der Waals surface area contributed by atoms with E-state index in [1.54, 1.807) is 7.11 Å². The van der Waals surface area contributed by atoms with Crippen molar-refractivity contribution in [1.29, 1.82) is 0 Å². The van der Waals surface area contributed by atoms with Crippen molar-refractivity contribution in [2.75, 3.05) is 13.7 Å². The highest BCUT2D eigenvalue weighted by atomic mass is 16.5. The molecule has 0 spiro atoms. The average Bonchev–Trinajstić information content (AvgIpc) is 3.05. The lowest BCUT2D eigenvalue weighted by Gasteiger charge is -2.29. The minimum absolute atomic E-state index is 0.0347. The van der Waals surface area contributed by atoms with Gasteiger partial charge in [0.05, 0.1) is 5.69 Å². The van der Waals surface area contributed by atoms with Crippen LogP contribution in [0.5, 0.6) is 0 Å². The maximum Gasteiger partial charge on any atom is 0.236 e. The molecule has 3 rings (SSSR count). The van der Waals surface area contributed by atoms with Gasteiger partial charge in [-0.1, -0.05) is 57.2 Å². The van der Waals surface area contributed by atoms with Crippen molar-refractivity contribution in [3.8, 4) is 0 Å². The SMILES string of the molecule is CO[C@@H](c1cccc(C2=N[C@H](c3ccccc3)CO2)n1)C(C)(C)C. The molecule has 4 nitrogen and oxygen atoms in total. The summed E-state index contributed by atoms with van der Waals surface area (Å²) in [4.78, 5) is 9.45. The molecule has 0 bridgehead atoms. The lowest BCUT2D eigenvalue weighted by Crippen LogP contribution is -2.22. The molecular formula is C20H24N2O2. The van der Waals surface area contributed by atoms with Gasteiger partial charge >= 0.3 is 0 Å². The first-order valence-corrected chi connectivity index (χ1v) is 8.24. The quantitative estimate of drug-likeness (QED) is 0.840. The minimum atomic E-state index is -0.0793. The summed E-state index contributed by atoms with van der Waals surface area (Å²) in [5, 5.41) is 0. The van der Waals surface area contributed by atoms with Gasteiger partial charge in [0, 0.05) is 7.11 Å². The molecule has 0 amide bonds. The van der Waals surface area contributed by atoms with E-state index in [1.165, 1.54) is 0 Å². The minimum Gasteiger partial charge on any atom is -0.474 e. The number of aromatic nitrogens is 1. The van der Waals surface area contributed by atoms with Gasteiger partial charge in [-0.3, -0.25) is 0 Å². The molecule has 2 heterocycles. The van der Waals surface area contributed by atoms with E-state index in [1.807, 2.05) is 36.4 Å². The number of pyridine rings is 1. The lowest BCUT2D eigenvalue weighted by atomic mass is 9.87. The second-order valence-electron chi connectivity index (χ2n) is 7.10. The van der Waals surface area contributed by atoms with Crippen LogP contribution in [0.2, 0.25) is 0 Å². The highest BCUT2D eigenvalue weighted by Crippen LogP contribution is 2.34. The van der Waals surface area contributed by atoms with Crippen molar-refractivity contribution >= 4 is 5.90 Å². The second-order valence-corrected chi connectivity index (χ2v) is 7.10. The van der Waals surface area contributed by atoms with Gasteiger partial charge in [0.1, 0.15) is 24.4 Å². The Morgan fingerprint density at radius 2 is 1.83 bits per heavy atom. The number of rotatable bonds is 4. The van der Waals surface area contributed by atoms with Crippen LogP contribution in [0.15, 0.2) is 53.5 Å². The lowest BCUT2D eigenvalue weighted by molar-refractivity contribution is 0.0120. The number of nitrogens with zero attached hydrogens (tertiary/aromatic N) is 2.